The highest BCUT2D eigenvalue weighted by Crippen LogP contribution is 2.28. The summed E-state index contributed by atoms with van der Waals surface area (Å²) in [4.78, 5) is 2.60. The first-order valence-electron chi connectivity index (χ1n) is 7.66. The van der Waals surface area contributed by atoms with Gasteiger partial charge in [-0.25, -0.2) is 0 Å². The fourth-order valence-corrected chi connectivity index (χ4v) is 2.42. The third kappa shape index (κ3) is 5.41. The van der Waals surface area contributed by atoms with Crippen molar-refractivity contribution in [3.63, 3.8) is 0 Å². The number of hydrogen-bond acceptors (Lipinski definition) is 3. The van der Waals surface area contributed by atoms with Gasteiger partial charge in [0.25, 0.3) is 0 Å². The molecule has 0 saturated carbocycles. The van der Waals surface area contributed by atoms with Gasteiger partial charge in [-0.05, 0) is 46.5 Å². The second-order valence-electron chi connectivity index (χ2n) is 8.05. The van der Waals surface area contributed by atoms with Gasteiger partial charge in [0.2, 0.25) is 0 Å². The molecule has 1 fully saturated rings. The van der Waals surface area contributed by atoms with Gasteiger partial charge in [-0.2, -0.15) is 0 Å². The third-order valence-electron chi connectivity index (χ3n) is 4.29. The molecule has 0 aromatic rings. The number of morpholine rings is 1. The summed E-state index contributed by atoms with van der Waals surface area (Å²) in [5.41, 5.74) is 0.676. The lowest BCUT2D eigenvalue weighted by Crippen LogP contribution is -2.57. The Hall–Kier alpha value is -0.120. The Kier molecular flexibility index (Phi) is 5.44. The van der Waals surface area contributed by atoms with Gasteiger partial charge < -0.3 is 10.1 Å². The zero-order valence-corrected chi connectivity index (χ0v) is 14.1. The molecule has 1 N–H and O–H groups in total. The van der Waals surface area contributed by atoms with Crippen molar-refractivity contribution < 1.29 is 4.74 Å². The van der Waals surface area contributed by atoms with Crippen molar-refractivity contribution in [2.75, 3.05) is 32.8 Å². The summed E-state index contributed by atoms with van der Waals surface area (Å²) in [6.07, 6.45) is 1.20. The molecular formula is C16H34N2O. The Labute approximate surface area is 120 Å². The largest absolute Gasteiger partial charge is 0.378 e. The van der Waals surface area contributed by atoms with Crippen molar-refractivity contribution in [1.82, 2.24) is 10.2 Å². The van der Waals surface area contributed by atoms with Crippen LogP contribution in [0.3, 0.4) is 0 Å². The van der Waals surface area contributed by atoms with Crippen molar-refractivity contribution in [1.29, 1.82) is 0 Å². The quantitative estimate of drug-likeness (QED) is 0.831. The molecule has 0 aromatic heterocycles. The molecule has 19 heavy (non-hydrogen) atoms. The van der Waals surface area contributed by atoms with Crippen LogP contribution >= 0.6 is 0 Å². The Morgan fingerprint density at radius 1 is 1.21 bits per heavy atom. The van der Waals surface area contributed by atoms with Gasteiger partial charge in [0.1, 0.15) is 0 Å². The lowest BCUT2D eigenvalue weighted by atomic mass is 9.84. The Morgan fingerprint density at radius 3 is 2.32 bits per heavy atom. The van der Waals surface area contributed by atoms with Crippen molar-refractivity contribution >= 4 is 0 Å². The van der Waals surface area contributed by atoms with E-state index in [1.54, 1.807) is 0 Å². The van der Waals surface area contributed by atoms with Gasteiger partial charge in [-0.15, -0.1) is 0 Å². The van der Waals surface area contributed by atoms with E-state index in [4.69, 9.17) is 4.74 Å². The fraction of sp³-hybridized carbons (Fsp3) is 1.00. The maximum atomic E-state index is 5.62. The van der Waals surface area contributed by atoms with Crippen LogP contribution < -0.4 is 5.32 Å². The van der Waals surface area contributed by atoms with Crippen LogP contribution in [0.5, 0.6) is 0 Å². The second kappa shape index (κ2) is 6.11. The molecule has 3 nitrogen and oxygen atoms in total. The smallest absolute Gasteiger partial charge is 0.0645 e. The Morgan fingerprint density at radius 2 is 1.84 bits per heavy atom. The maximum absolute atomic E-state index is 5.62. The Balaban J connectivity index is 2.63. The van der Waals surface area contributed by atoms with Gasteiger partial charge in [0.15, 0.2) is 0 Å². The van der Waals surface area contributed by atoms with Gasteiger partial charge in [0, 0.05) is 30.7 Å². The molecule has 0 bridgehead atoms. The summed E-state index contributed by atoms with van der Waals surface area (Å²) in [5.74, 6) is 0. The highest BCUT2D eigenvalue weighted by atomic mass is 16.5. The van der Waals surface area contributed by atoms with E-state index in [-0.39, 0.29) is 11.1 Å². The minimum Gasteiger partial charge on any atom is -0.378 e. The molecular weight excluding hydrogens is 236 g/mol. The van der Waals surface area contributed by atoms with Gasteiger partial charge >= 0.3 is 0 Å². The van der Waals surface area contributed by atoms with E-state index in [0.29, 0.717) is 5.41 Å². The van der Waals surface area contributed by atoms with Crippen LogP contribution in [0.4, 0.5) is 0 Å². The van der Waals surface area contributed by atoms with Gasteiger partial charge in [-0.3, -0.25) is 4.90 Å². The van der Waals surface area contributed by atoms with E-state index in [0.717, 1.165) is 32.8 Å². The predicted octanol–water partition coefficient (Wildman–Crippen LogP) is 2.90. The minimum absolute atomic E-state index is 0.163. The molecule has 3 heteroatoms. The van der Waals surface area contributed by atoms with E-state index in [1.807, 2.05) is 0 Å². The first-order valence-corrected chi connectivity index (χ1v) is 7.66. The van der Waals surface area contributed by atoms with Crippen molar-refractivity contribution in [3.8, 4) is 0 Å². The zero-order chi connectivity index (χ0) is 14.7. The van der Waals surface area contributed by atoms with Crippen LogP contribution in [0.1, 0.15) is 54.9 Å². The molecule has 1 atom stereocenters. The van der Waals surface area contributed by atoms with E-state index >= 15 is 0 Å². The van der Waals surface area contributed by atoms with Crippen molar-refractivity contribution in [2.24, 2.45) is 5.41 Å². The normalized spacial score (nSPS) is 24.2. The SMILES string of the molecule is CCC(C)(CNC(C)(C)C)CN1CCOCC1(C)C. The summed E-state index contributed by atoms with van der Waals surface area (Å²) < 4.78 is 5.62. The number of hydrogen-bond donors (Lipinski definition) is 1. The fourth-order valence-electron chi connectivity index (χ4n) is 2.42. The number of ether oxygens (including phenoxy) is 1. The van der Waals surface area contributed by atoms with E-state index < -0.39 is 0 Å². The molecule has 114 valence electrons. The summed E-state index contributed by atoms with van der Waals surface area (Å²) >= 11 is 0. The molecule has 1 saturated heterocycles. The highest BCUT2D eigenvalue weighted by Gasteiger charge is 2.35. The third-order valence-corrected chi connectivity index (χ3v) is 4.29. The molecule has 0 amide bonds. The topological polar surface area (TPSA) is 24.5 Å². The molecule has 0 spiro atoms. The molecule has 1 rings (SSSR count). The molecule has 1 aliphatic heterocycles. The van der Waals surface area contributed by atoms with E-state index in [2.05, 4.69) is 58.7 Å². The Bertz CT molecular complexity index is 283. The van der Waals surface area contributed by atoms with Crippen LogP contribution in [0.25, 0.3) is 0 Å². The standard InChI is InChI=1S/C16H34N2O/c1-8-16(7,11-17-14(2,3)4)12-18-9-10-19-13-15(18,5)6/h17H,8-13H2,1-7H3. The van der Waals surface area contributed by atoms with Gasteiger partial charge in [0.05, 0.1) is 13.2 Å². The summed E-state index contributed by atoms with van der Waals surface area (Å²) in [7, 11) is 0. The number of nitrogens with zero attached hydrogens (tertiary/aromatic N) is 1. The first-order chi connectivity index (χ1) is 8.58. The molecule has 1 unspecified atom stereocenters. The molecule has 0 radical (unpaired) electrons. The molecule has 1 heterocycles. The number of nitrogens with one attached hydrogen (secondary N) is 1. The zero-order valence-electron chi connectivity index (χ0n) is 14.1. The molecule has 1 aliphatic rings. The summed E-state index contributed by atoms with van der Waals surface area (Å²) in [5, 5.41) is 3.67. The van der Waals surface area contributed by atoms with E-state index in [9.17, 15) is 0 Å². The summed E-state index contributed by atoms with van der Waals surface area (Å²) in [6, 6.07) is 0. The number of rotatable bonds is 5. The lowest BCUT2D eigenvalue weighted by molar-refractivity contribution is -0.0671. The predicted molar refractivity (Wildman–Crippen MR) is 82.6 cm³/mol. The monoisotopic (exact) mass is 270 g/mol. The lowest BCUT2D eigenvalue weighted by Gasteiger charge is -2.47. The second-order valence-corrected chi connectivity index (χ2v) is 8.05. The minimum atomic E-state index is 0.163. The molecule has 0 aromatic carbocycles. The van der Waals surface area contributed by atoms with Crippen molar-refractivity contribution in [3.05, 3.63) is 0 Å². The highest BCUT2D eigenvalue weighted by molar-refractivity contribution is 4.90. The average Bonchev–Trinajstić information content (AvgIpc) is 2.29. The summed E-state index contributed by atoms with van der Waals surface area (Å²) in [6.45, 7) is 21.0. The molecule has 0 aliphatic carbocycles. The van der Waals surface area contributed by atoms with Crippen molar-refractivity contribution in [2.45, 2.75) is 66.0 Å². The van der Waals surface area contributed by atoms with Crippen LogP contribution in [0.2, 0.25) is 0 Å². The van der Waals surface area contributed by atoms with Gasteiger partial charge in [-0.1, -0.05) is 13.8 Å². The van der Waals surface area contributed by atoms with Crippen LogP contribution in [0, 0.1) is 5.41 Å². The van der Waals surface area contributed by atoms with Crippen LogP contribution in [0.15, 0.2) is 0 Å². The first kappa shape index (κ1) is 16.9. The van der Waals surface area contributed by atoms with Crippen LogP contribution in [-0.4, -0.2) is 48.8 Å². The maximum Gasteiger partial charge on any atom is 0.0645 e. The van der Waals surface area contributed by atoms with E-state index in [1.165, 1.54) is 6.42 Å². The van der Waals surface area contributed by atoms with Crippen LogP contribution in [-0.2, 0) is 4.74 Å². The average molecular weight is 270 g/mol.